The lowest BCUT2D eigenvalue weighted by Crippen LogP contribution is -2.11. The number of hydrogen-bond donors (Lipinski definition) is 3. The van der Waals surface area contributed by atoms with E-state index in [-0.39, 0.29) is 23.0 Å². The van der Waals surface area contributed by atoms with Gasteiger partial charge in [0.25, 0.3) is 5.91 Å². The molecule has 18 heavy (non-hydrogen) atoms. The average molecular weight is 244 g/mol. The highest BCUT2D eigenvalue weighted by Crippen LogP contribution is 2.25. The summed E-state index contributed by atoms with van der Waals surface area (Å²) in [6, 6.07) is 5.67. The Hall–Kier alpha value is -2.56. The van der Waals surface area contributed by atoms with Gasteiger partial charge in [0.2, 0.25) is 0 Å². The van der Waals surface area contributed by atoms with Crippen LogP contribution >= 0.6 is 0 Å². The third kappa shape index (κ3) is 2.57. The smallest absolute Gasteiger partial charge is 0.255 e. The van der Waals surface area contributed by atoms with E-state index in [1.165, 1.54) is 24.4 Å². The molecular weight excluding hydrogens is 232 g/mol. The Balaban J connectivity index is 2.19. The van der Waals surface area contributed by atoms with E-state index in [0.29, 0.717) is 5.69 Å². The lowest BCUT2D eigenvalue weighted by atomic mass is 10.2. The number of anilines is 1. The molecule has 1 amide bonds. The number of aryl methyl sites for hydroxylation is 1. The maximum absolute atomic E-state index is 11.9. The number of carbonyl (C=O) groups excluding carboxylic acids is 1. The number of aromatic hydroxyl groups is 2. The van der Waals surface area contributed by atoms with Crippen molar-refractivity contribution in [1.82, 2.24) is 4.98 Å². The molecule has 3 N–H and O–H groups in total. The van der Waals surface area contributed by atoms with Crippen LogP contribution in [-0.4, -0.2) is 21.1 Å². The average Bonchev–Trinajstić information content (AvgIpc) is 2.32. The summed E-state index contributed by atoms with van der Waals surface area (Å²) in [5.41, 5.74) is 1.76. The summed E-state index contributed by atoms with van der Waals surface area (Å²) in [7, 11) is 0. The Morgan fingerprint density at radius 3 is 2.61 bits per heavy atom. The number of phenols is 2. The zero-order valence-electron chi connectivity index (χ0n) is 9.71. The molecule has 92 valence electrons. The number of carbonyl (C=O) groups is 1. The van der Waals surface area contributed by atoms with Crippen LogP contribution in [0.25, 0.3) is 0 Å². The van der Waals surface area contributed by atoms with Crippen molar-refractivity contribution in [2.24, 2.45) is 0 Å². The van der Waals surface area contributed by atoms with Crippen molar-refractivity contribution in [3.63, 3.8) is 0 Å². The largest absolute Gasteiger partial charge is 0.504 e. The van der Waals surface area contributed by atoms with E-state index in [1.807, 2.05) is 6.92 Å². The van der Waals surface area contributed by atoms with Gasteiger partial charge in [0.1, 0.15) is 0 Å². The van der Waals surface area contributed by atoms with Crippen LogP contribution in [0.5, 0.6) is 11.5 Å². The summed E-state index contributed by atoms with van der Waals surface area (Å²) in [6.45, 7) is 1.87. The Kier molecular flexibility index (Phi) is 3.14. The van der Waals surface area contributed by atoms with Crippen LogP contribution in [0.4, 0.5) is 5.69 Å². The van der Waals surface area contributed by atoms with Gasteiger partial charge < -0.3 is 15.5 Å². The van der Waals surface area contributed by atoms with Gasteiger partial charge in [-0.2, -0.15) is 0 Å². The Morgan fingerprint density at radius 1 is 1.17 bits per heavy atom. The maximum Gasteiger partial charge on any atom is 0.255 e. The Labute approximate surface area is 104 Å². The summed E-state index contributed by atoms with van der Waals surface area (Å²) in [4.78, 5) is 15.8. The fraction of sp³-hybridized carbons (Fsp3) is 0.0769. The van der Waals surface area contributed by atoms with E-state index >= 15 is 0 Å². The monoisotopic (exact) mass is 244 g/mol. The van der Waals surface area contributed by atoms with Crippen molar-refractivity contribution >= 4 is 11.6 Å². The molecule has 1 aromatic carbocycles. The first-order valence-corrected chi connectivity index (χ1v) is 5.31. The highest BCUT2D eigenvalue weighted by Gasteiger charge is 2.09. The number of rotatable bonds is 2. The molecule has 0 bridgehead atoms. The number of hydrogen-bond acceptors (Lipinski definition) is 4. The fourth-order valence-corrected chi connectivity index (χ4v) is 1.49. The minimum Gasteiger partial charge on any atom is -0.504 e. The van der Waals surface area contributed by atoms with Crippen molar-refractivity contribution in [3.05, 3.63) is 47.8 Å². The first kappa shape index (κ1) is 11.9. The van der Waals surface area contributed by atoms with Crippen LogP contribution in [0.3, 0.4) is 0 Å². The molecule has 0 saturated heterocycles. The van der Waals surface area contributed by atoms with Crippen LogP contribution in [-0.2, 0) is 0 Å². The molecule has 0 aliphatic carbocycles. The van der Waals surface area contributed by atoms with Gasteiger partial charge in [0, 0.05) is 11.8 Å². The molecule has 0 fully saturated rings. The van der Waals surface area contributed by atoms with E-state index in [1.54, 1.807) is 12.3 Å². The first-order chi connectivity index (χ1) is 8.56. The summed E-state index contributed by atoms with van der Waals surface area (Å²) < 4.78 is 0. The normalized spacial score (nSPS) is 10.1. The molecule has 5 heteroatoms. The summed E-state index contributed by atoms with van der Waals surface area (Å²) in [5.74, 6) is -0.966. The molecule has 0 aliphatic rings. The quantitative estimate of drug-likeness (QED) is 0.706. The van der Waals surface area contributed by atoms with Gasteiger partial charge in [-0.25, -0.2) is 0 Å². The van der Waals surface area contributed by atoms with E-state index in [2.05, 4.69) is 10.3 Å². The molecule has 0 atom stereocenters. The van der Waals surface area contributed by atoms with Crippen molar-refractivity contribution < 1.29 is 15.0 Å². The van der Waals surface area contributed by atoms with Crippen LogP contribution in [0.2, 0.25) is 0 Å². The lowest BCUT2D eigenvalue weighted by molar-refractivity contribution is 0.102. The maximum atomic E-state index is 11.9. The molecule has 0 spiro atoms. The number of aromatic nitrogens is 1. The molecule has 2 aromatic rings. The zero-order chi connectivity index (χ0) is 13.1. The third-order valence-corrected chi connectivity index (χ3v) is 2.37. The van der Waals surface area contributed by atoms with Gasteiger partial charge >= 0.3 is 0 Å². The lowest BCUT2D eigenvalue weighted by Gasteiger charge is -2.06. The van der Waals surface area contributed by atoms with E-state index in [4.69, 9.17) is 5.11 Å². The minimum absolute atomic E-state index is 0.256. The highest BCUT2D eigenvalue weighted by atomic mass is 16.3. The molecule has 0 saturated carbocycles. The van der Waals surface area contributed by atoms with Crippen LogP contribution < -0.4 is 5.32 Å². The number of nitrogens with zero attached hydrogens (tertiary/aromatic N) is 1. The standard InChI is InChI=1S/C13H12N2O3/c1-8-4-10(7-14-6-8)15-13(18)9-2-3-11(16)12(17)5-9/h2-7,16-17H,1H3,(H,15,18). The predicted molar refractivity (Wildman–Crippen MR) is 66.7 cm³/mol. The number of pyridine rings is 1. The van der Waals surface area contributed by atoms with Gasteiger partial charge in [0.05, 0.1) is 11.9 Å². The summed E-state index contributed by atoms with van der Waals surface area (Å²) in [6.07, 6.45) is 3.22. The topological polar surface area (TPSA) is 82.5 Å². The van der Waals surface area contributed by atoms with Crippen LogP contribution in [0.15, 0.2) is 36.7 Å². The molecule has 0 radical (unpaired) electrons. The molecule has 0 unspecified atom stereocenters. The zero-order valence-corrected chi connectivity index (χ0v) is 9.71. The van der Waals surface area contributed by atoms with Crippen molar-refractivity contribution in [2.75, 3.05) is 5.32 Å². The van der Waals surface area contributed by atoms with Gasteiger partial charge in [-0.1, -0.05) is 0 Å². The number of benzene rings is 1. The summed E-state index contributed by atoms with van der Waals surface area (Å²) >= 11 is 0. The number of amides is 1. The highest BCUT2D eigenvalue weighted by molar-refractivity contribution is 6.04. The predicted octanol–water partition coefficient (Wildman–Crippen LogP) is 2.05. The van der Waals surface area contributed by atoms with Crippen molar-refractivity contribution in [1.29, 1.82) is 0 Å². The molecule has 5 nitrogen and oxygen atoms in total. The van der Waals surface area contributed by atoms with Crippen LogP contribution in [0.1, 0.15) is 15.9 Å². The second-order valence-electron chi connectivity index (χ2n) is 3.91. The third-order valence-electron chi connectivity index (χ3n) is 2.37. The number of nitrogens with one attached hydrogen (secondary N) is 1. The van der Waals surface area contributed by atoms with Crippen molar-refractivity contribution in [2.45, 2.75) is 6.92 Å². The Bertz CT molecular complexity index is 597. The van der Waals surface area contributed by atoms with Gasteiger partial charge in [0.15, 0.2) is 11.5 Å². The van der Waals surface area contributed by atoms with E-state index < -0.39 is 0 Å². The molecule has 1 aromatic heterocycles. The first-order valence-electron chi connectivity index (χ1n) is 5.31. The summed E-state index contributed by atoms with van der Waals surface area (Å²) in [5, 5.41) is 21.1. The van der Waals surface area contributed by atoms with E-state index in [9.17, 15) is 9.90 Å². The second kappa shape index (κ2) is 4.75. The fourth-order valence-electron chi connectivity index (χ4n) is 1.49. The van der Waals surface area contributed by atoms with Crippen LogP contribution in [0, 0.1) is 6.92 Å². The molecule has 1 heterocycles. The Morgan fingerprint density at radius 2 is 1.94 bits per heavy atom. The van der Waals surface area contributed by atoms with Gasteiger partial charge in [-0.15, -0.1) is 0 Å². The van der Waals surface area contributed by atoms with Gasteiger partial charge in [-0.05, 0) is 36.8 Å². The molecule has 2 rings (SSSR count). The van der Waals surface area contributed by atoms with Gasteiger partial charge in [-0.3, -0.25) is 9.78 Å². The number of phenolic OH excluding ortho intramolecular Hbond substituents is 2. The SMILES string of the molecule is Cc1cncc(NC(=O)c2ccc(O)c(O)c2)c1. The minimum atomic E-state index is -0.377. The van der Waals surface area contributed by atoms with Crippen molar-refractivity contribution in [3.8, 4) is 11.5 Å². The van der Waals surface area contributed by atoms with E-state index in [0.717, 1.165) is 5.56 Å². The molecular formula is C13H12N2O3. The second-order valence-corrected chi connectivity index (χ2v) is 3.91. The molecule has 0 aliphatic heterocycles.